The molecule has 1 aliphatic heterocycles. The third-order valence-electron chi connectivity index (χ3n) is 2.35. The molecule has 0 fully saturated rings. The maximum absolute atomic E-state index is 11.7. The van der Waals surface area contributed by atoms with Gasteiger partial charge in [0.2, 0.25) is 9.84 Å². The molecule has 1 aromatic carbocycles. The summed E-state index contributed by atoms with van der Waals surface area (Å²) in [5, 5.41) is 0. The van der Waals surface area contributed by atoms with Crippen molar-refractivity contribution in [1.29, 1.82) is 0 Å². The summed E-state index contributed by atoms with van der Waals surface area (Å²) < 4.78 is 23.3. The van der Waals surface area contributed by atoms with E-state index in [0.717, 1.165) is 11.1 Å². The standard InChI is InChI=1S/C10H10O2S/c1-7-4-3-5-10-9(7)6-8(2)13(10,11)12/h3-6H,1-2H3. The van der Waals surface area contributed by atoms with Crippen molar-refractivity contribution < 1.29 is 8.42 Å². The molecule has 0 bridgehead atoms. The summed E-state index contributed by atoms with van der Waals surface area (Å²) in [6.45, 7) is 3.55. The van der Waals surface area contributed by atoms with Crippen molar-refractivity contribution in [1.82, 2.24) is 0 Å². The van der Waals surface area contributed by atoms with Gasteiger partial charge in [0.15, 0.2) is 0 Å². The van der Waals surface area contributed by atoms with Crippen molar-refractivity contribution in [2.24, 2.45) is 0 Å². The van der Waals surface area contributed by atoms with E-state index in [9.17, 15) is 8.42 Å². The van der Waals surface area contributed by atoms with Crippen molar-refractivity contribution in [3.05, 3.63) is 34.2 Å². The molecule has 0 spiro atoms. The Balaban J connectivity index is 2.87. The van der Waals surface area contributed by atoms with Gasteiger partial charge in [0.1, 0.15) is 0 Å². The van der Waals surface area contributed by atoms with E-state index in [-0.39, 0.29) is 0 Å². The summed E-state index contributed by atoms with van der Waals surface area (Å²) in [5.74, 6) is 0. The second kappa shape index (κ2) is 2.45. The molecule has 0 aliphatic carbocycles. The Morgan fingerprint density at radius 3 is 2.46 bits per heavy atom. The molecule has 68 valence electrons. The Morgan fingerprint density at radius 1 is 1.15 bits per heavy atom. The Kier molecular flexibility index (Phi) is 1.60. The lowest BCUT2D eigenvalue weighted by molar-refractivity contribution is 0.603. The lowest BCUT2D eigenvalue weighted by Gasteiger charge is -2.00. The predicted octanol–water partition coefficient (Wildman–Crippen LogP) is 2.14. The topological polar surface area (TPSA) is 34.1 Å². The highest BCUT2D eigenvalue weighted by Gasteiger charge is 2.26. The molecule has 3 heteroatoms. The van der Waals surface area contributed by atoms with Crippen LogP contribution in [-0.4, -0.2) is 8.42 Å². The molecular formula is C10H10O2S. The molecule has 1 aromatic rings. The summed E-state index contributed by atoms with van der Waals surface area (Å²) in [6.07, 6.45) is 1.74. The first-order chi connectivity index (χ1) is 6.03. The normalized spacial score (nSPS) is 18.2. The zero-order valence-electron chi connectivity index (χ0n) is 7.53. The van der Waals surface area contributed by atoms with E-state index in [2.05, 4.69) is 0 Å². The molecule has 13 heavy (non-hydrogen) atoms. The minimum absolute atomic E-state index is 0.441. The number of hydrogen-bond acceptors (Lipinski definition) is 2. The minimum atomic E-state index is -3.15. The lowest BCUT2D eigenvalue weighted by Crippen LogP contribution is -1.97. The van der Waals surface area contributed by atoms with Crippen LogP contribution in [0.5, 0.6) is 0 Å². The van der Waals surface area contributed by atoms with Crippen molar-refractivity contribution in [2.75, 3.05) is 0 Å². The van der Waals surface area contributed by atoms with E-state index in [1.54, 1.807) is 25.1 Å². The van der Waals surface area contributed by atoms with Crippen LogP contribution in [0.25, 0.3) is 6.08 Å². The molecule has 0 radical (unpaired) electrons. The van der Waals surface area contributed by atoms with Crippen LogP contribution < -0.4 is 0 Å². The molecule has 0 aromatic heterocycles. The van der Waals surface area contributed by atoms with Gasteiger partial charge in [-0.3, -0.25) is 0 Å². The number of aryl methyl sites for hydroxylation is 1. The minimum Gasteiger partial charge on any atom is -0.219 e. The third-order valence-corrected chi connectivity index (χ3v) is 4.25. The molecule has 1 aliphatic rings. The molecule has 2 nitrogen and oxygen atoms in total. The van der Waals surface area contributed by atoms with E-state index in [1.165, 1.54) is 0 Å². The first kappa shape index (κ1) is 8.51. The second-order valence-corrected chi connectivity index (χ2v) is 5.34. The van der Waals surface area contributed by atoms with E-state index in [1.807, 2.05) is 13.0 Å². The number of benzene rings is 1. The van der Waals surface area contributed by atoms with E-state index in [0.29, 0.717) is 9.80 Å². The van der Waals surface area contributed by atoms with Gasteiger partial charge < -0.3 is 0 Å². The molecule has 2 rings (SSSR count). The van der Waals surface area contributed by atoms with Crippen molar-refractivity contribution >= 4 is 15.9 Å². The Hall–Kier alpha value is -1.09. The number of sulfone groups is 1. The van der Waals surface area contributed by atoms with Crippen LogP contribution in [0.2, 0.25) is 0 Å². The number of rotatable bonds is 0. The molecule has 0 saturated heterocycles. The fourth-order valence-electron chi connectivity index (χ4n) is 1.53. The lowest BCUT2D eigenvalue weighted by atomic mass is 10.1. The van der Waals surface area contributed by atoms with Gasteiger partial charge in [0.05, 0.1) is 4.90 Å². The van der Waals surface area contributed by atoms with Gasteiger partial charge in [0, 0.05) is 4.91 Å². The molecule has 0 saturated carbocycles. The van der Waals surface area contributed by atoms with E-state index in [4.69, 9.17) is 0 Å². The van der Waals surface area contributed by atoms with Gasteiger partial charge in [0.25, 0.3) is 0 Å². The number of fused-ring (bicyclic) bond motifs is 1. The highest BCUT2D eigenvalue weighted by Crippen LogP contribution is 2.33. The van der Waals surface area contributed by atoms with Crippen LogP contribution in [0.4, 0.5) is 0 Å². The van der Waals surface area contributed by atoms with Crippen LogP contribution in [0.1, 0.15) is 18.1 Å². The fraction of sp³-hybridized carbons (Fsp3) is 0.200. The van der Waals surface area contributed by atoms with Crippen LogP contribution in [0.3, 0.4) is 0 Å². The summed E-state index contributed by atoms with van der Waals surface area (Å²) in [7, 11) is -3.15. The highest BCUT2D eigenvalue weighted by atomic mass is 32.2. The third kappa shape index (κ3) is 1.04. The van der Waals surface area contributed by atoms with Gasteiger partial charge >= 0.3 is 0 Å². The van der Waals surface area contributed by atoms with Crippen molar-refractivity contribution in [2.45, 2.75) is 18.7 Å². The first-order valence-corrected chi connectivity index (χ1v) is 5.55. The smallest absolute Gasteiger partial charge is 0.203 e. The Labute approximate surface area is 77.8 Å². The van der Waals surface area contributed by atoms with Gasteiger partial charge in [-0.1, -0.05) is 12.1 Å². The molecule has 0 unspecified atom stereocenters. The van der Waals surface area contributed by atoms with Crippen LogP contribution >= 0.6 is 0 Å². The van der Waals surface area contributed by atoms with Gasteiger partial charge in [-0.05, 0) is 37.1 Å². The zero-order chi connectivity index (χ0) is 9.64. The van der Waals surface area contributed by atoms with E-state index < -0.39 is 9.84 Å². The molecule has 0 N–H and O–H groups in total. The van der Waals surface area contributed by atoms with Crippen molar-refractivity contribution in [3.63, 3.8) is 0 Å². The van der Waals surface area contributed by atoms with Gasteiger partial charge in [-0.15, -0.1) is 0 Å². The quantitative estimate of drug-likeness (QED) is 0.634. The molecule has 0 atom stereocenters. The summed E-state index contributed by atoms with van der Waals surface area (Å²) in [6, 6.07) is 5.35. The van der Waals surface area contributed by atoms with Gasteiger partial charge in [-0.25, -0.2) is 8.42 Å². The molecule has 1 heterocycles. The van der Waals surface area contributed by atoms with E-state index >= 15 is 0 Å². The first-order valence-electron chi connectivity index (χ1n) is 4.06. The summed E-state index contributed by atoms with van der Waals surface area (Å²) in [4.78, 5) is 0.891. The largest absolute Gasteiger partial charge is 0.219 e. The van der Waals surface area contributed by atoms with Crippen LogP contribution in [0, 0.1) is 6.92 Å². The Bertz CT molecular complexity index is 496. The number of allylic oxidation sites excluding steroid dienone is 1. The summed E-state index contributed by atoms with van der Waals surface area (Å²) in [5.41, 5.74) is 1.86. The maximum atomic E-state index is 11.7. The Morgan fingerprint density at radius 2 is 1.85 bits per heavy atom. The predicted molar refractivity (Wildman–Crippen MR) is 52.0 cm³/mol. The van der Waals surface area contributed by atoms with Crippen LogP contribution in [0.15, 0.2) is 28.0 Å². The molecule has 0 amide bonds. The average molecular weight is 194 g/mol. The fourth-order valence-corrected chi connectivity index (χ4v) is 2.91. The summed E-state index contributed by atoms with van der Waals surface area (Å²) >= 11 is 0. The monoisotopic (exact) mass is 194 g/mol. The maximum Gasteiger partial charge on any atom is 0.203 e. The second-order valence-electron chi connectivity index (χ2n) is 3.25. The van der Waals surface area contributed by atoms with Gasteiger partial charge in [-0.2, -0.15) is 0 Å². The van der Waals surface area contributed by atoms with Crippen molar-refractivity contribution in [3.8, 4) is 0 Å². The zero-order valence-corrected chi connectivity index (χ0v) is 8.35. The number of hydrogen-bond donors (Lipinski definition) is 0. The molecular weight excluding hydrogens is 184 g/mol. The van der Waals surface area contributed by atoms with Crippen LogP contribution in [-0.2, 0) is 9.84 Å². The SMILES string of the molecule is CC1=Cc2c(C)cccc2S1(=O)=O. The highest BCUT2D eigenvalue weighted by molar-refractivity contribution is 7.95. The average Bonchev–Trinajstić information content (AvgIpc) is 2.28.